The lowest BCUT2D eigenvalue weighted by Gasteiger charge is -2.15. The van der Waals surface area contributed by atoms with Crippen LogP contribution in [0, 0.1) is 12.7 Å². The molecule has 3 aromatic carbocycles. The second-order valence-corrected chi connectivity index (χ2v) is 7.19. The van der Waals surface area contributed by atoms with Crippen molar-refractivity contribution in [2.75, 3.05) is 10.2 Å². The van der Waals surface area contributed by atoms with Gasteiger partial charge in [0, 0.05) is 16.6 Å². The molecule has 2 heterocycles. The number of carbonyl (C=O) groups is 3. The highest BCUT2D eigenvalue weighted by Crippen LogP contribution is 2.31. The standard InChI is InChI=1S/C24H15FN2O4/c1-13-19-11-14(25)9-10-20(19)31-21(13)22(28)26-15-5-4-6-16(12-15)27-23(29)17-7-2-3-8-18(17)24(27)30/h2-12H,1H3,(H,26,28). The zero-order valence-corrected chi connectivity index (χ0v) is 16.3. The first-order valence-corrected chi connectivity index (χ1v) is 9.52. The second-order valence-electron chi connectivity index (χ2n) is 7.19. The smallest absolute Gasteiger partial charge is 0.291 e. The third-order valence-corrected chi connectivity index (χ3v) is 5.26. The van der Waals surface area contributed by atoms with Crippen molar-refractivity contribution in [2.45, 2.75) is 6.92 Å². The van der Waals surface area contributed by atoms with Crippen molar-refractivity contribution in [2.24, 2.45) is 0 Å². The van der Waals surface area contributed by atoms with E-state index >= 15 is 0 Å². The lowest BCUT2D eigenvalue weighted by atomic mass is 10.1. The number of amides is 3. The van der Waals surface area contributed by atoms with Gasteiger partial charge in [-0.2, -0.15) is 0 Å². The van der Waals surface area contributed by atoms with Crippen molar-refractivity contribution >= 4 is 40.1 Å². The molecule has 0 unspecified atom stereocenters. The Hall–Kier alpha value is -4.26. The number of nitrogens with zero attached hydrogens (tertiary/aromatic N) is 1. The zero-order valence-electron chi connectivity index (χ0n) is 16.3. The summed E-state index contributed by atoms with van der Waals surface area (Å²) in [5, 5.41) is 3.23. The largest absolute Gasteiger partial charge is 0.451 e. The minimum absolute atomic E-state index is 0.0618. The molecule has 7 heteroatoms. The van der Waals surface area contributed by atoms with Gasteiger partial charge in [0.2, 0.25) is 0 Å². The molecule has 3 amide bonds. The van der Waals surface area contributed by atoms with E-state index in [2.05, 4.69) is 5.32 Å². The average molecular weight is 414 g/mol. The molecule has 4 aromatic rings. The summed E-state index contributed by atoms with van der Waals surface area (Å²) in [6, 6.07) is 17.1. The number of halogens is 1. The topological polar surface area (TPSA) is 79.6 Å². The third-order valence-electron chi connectivity index (χ3n) is 5.26. The molecular weight excluding hydrogens is 399 g/mol. The fourth-order valence-electron chi connectivity index (χ4n) is 3.74. The predicted molar refractivity (Wildman–Crippen MR) is 113 cm³/mol. The molecule has 1 aromatic heterocycles. The van der Waals surface area contributed by atoms with Crippen molar-refractivity contribution in [1.82, 2.24) is 0 Å². The number of hydrogen-bond acceptors (Lipinski definition) is 4. The van der Waals surface area contributed by atoms with E-state index in [0.717, 1.165) is 4.90 Å². The highest BCUT2D eigenvalue weighted by atomic mass is 19.1. The summed E-state index contributed by atoms with van der Waals surface area (Å²) in [5.41, 5.74) is 2.32. The molecule has 0 bridgehead atoms. The van der Waals surface area contributed by atoms with Gasteiger partial charge in [0.15, 0.2) is 5.76 Å². The van der Waals surface area contributed by atoms with Crippen LogP contribution in [0.1, 0.15) is 36.8 Å². The molecule has 1 N–H and O–H groups in total. The number of anilines is 2. The Balaban J connectivity index is 1.44. The first-order chi connectivity index (χ1) is 14.9. The van der Waals surface area contributed by atoms with E-state index in [1.54, 1.807) is 49.4 Å². The number of rotatable bonds is 3. The van der Waals surface area contributed by atoms with Crippen LogP contribution in [-0.4, -0.2) is 17.7 Å². The van der Waals surface area contributed by atoms with E-state index in [1.165, 1.54) is 24.3 Å². The Morgan fingerprint density at radius 1 is 0.935 bits per heavy atom. The molecule has 0 radical (unpaired) electrons. The number of hydrogen-bond donors (Lipinski definition) is 1. The van der Waals surface area contributed by atoms with E-state index in [9.17, 15) is 18.8 Å². The van der Waals surface area contributed by atoms with Crippen LogP contribution in [0.25, 0.3) is 11.0 Å². The second kappa shape index (κ2) is 6.91. The maximum absolute atomic E-state index is 13.5. The van der Waals surface area contributed by atoms with Gasteiger partial charge in [0.25, 0.3) is 17.7 Å². The monoisotopic (exact) mass is 414 g/mol. The molecule has 0 spiro atoms. The summed E-state index contributed by atoms with van der Waals surface area (Å²) in [6.07, 6.45) is 0. The highest BCUT2D eigenvalue weighted by molar-refractivity contribution is 6.34. The van der Waals surface area contributed by atoms with E-state index in [-0.39, 0.29) is 5.76 Å². The average Bonchev–Trinajstić information content (AvgIpc) is 3.22. The predicted octanol–water partition coefficient (Wildman–Crippen LogP) is 4.93. The summed E-state index contributed by atoms with van der Waals surface area (Å²) in [7, 11) is 0. The van der Waals surface area contributed by atoms with E-state index < -0.39 is 23.5 Å². The van der Waals surface area contributed by atoms with Crippen LogP contribution in [-0.2, 0) is 0 Å². The lowest BCUT2D eigenvalue weighted by Crippen LogP contribution is -2.29. The minimum atomic E-state index is -0.520. The summed E-state index contributed by atoms with van der Waals surface area (Å²) in [5.74, 6) is -1.71. The zero-order chi connectivity index (χ0) is 21.7. The number of fused-ring (bicyclic) bond motifs is 2. The molecule has 152 valence electrons. The maximum atomic E-state index is 13.5. The summed E-state index contributed by atoms with van der Waals surface area (Å²) in [6.45, 7) is 1.68. The molecule has 5 rings (SSSR count). The van der Waals surface area contributed by atoms with Crippen molar-refractivity contribution in [1.29, 1.82) is 0 Å². The van der Waals surface area contributed by atoms with Gasteiger partial charge in [-0.3, -0.25) is 14.4 Å². The Kier molecular flexibility index (Phi) is 4.18. The van der Waals surface area contributed by atoms with Gasteiger partial charge < -0.3 is 9.73 Å². The fraction of sp³-hybridized carbons (Fsp3) is 0.0417. The quantitative estimate of drug-likeness (QED) is 0.482. The van der Waals surface area contributed by atoms with Gasteiger partial charge in [-0.1, -0.05) is 18.2 Å². The van der Waals surface area contributed by atoms with Crippen molar-refractivity contribution in [3.8, 4) is 0 Å². The SMILES string of the molecule is Cc1c(C(=O)Nc2cccc(N3C(=O)c4ccccc4C3=O)c2)oc2ccc(F)cc12. The molecule has 1 aliphatic heterocycles. The number of furan rings is 1. The maximum Gasteiger partial charge on any atom is 0.291 e. The van der Waals surface area contributed by atoms with Crippen LogP contribution in [0.4, 0.5) is 15.8 Å². The molecular formula is C24H15FN2O4. The molecule has 0 aliphatic carbocycles. The third kappa shape index (κ3) is 2.98. The Morgan fingerprint density at radius 3 is 2.35 bits per heavy atom. The molecule has 31 heavy (non-hydrogen) atoms. The normalized spacial score (nSPS) is 13.0. The number of benzene rings is 3. The van der Waals surface area contributed by atoms with Gasteiger partial charge >= 0.3 is 0 Å². The number of imide groups is 1. The lowest BCUT2D eigenvalue weighted by molar-refractivity contribution is 0.0925. The van der Waals surface area contributed by atoms with Crippen LogP contribution in [0.15, 0.2) is 71.1 Å². The van der Waals surface area contributed by atoms with E-state index in [1.807, 2.05) is 0 Å². The molecule has 0 saturated heterocycles. The number of aryl methyl sites for hydroxylation is 1. The van der Waals surface area contributed by atoms with Crippen molar-refractivity contribution < 1.29 is 23.2 Å². The van der Waals surface area contributed by atoms with E-state index in [0.29, 0.717) is 39.0 Å². The fourth-order valence-corrected chi connectivity index (χ4v) is 3.74. The number of carbonyl (C=O) groups excluding carboxylic acids is 3. The Labute approximate surface area is 175 Å². The first-order valence-electron chi connectivity index (χ1n) is 9.52. The first kappa shape index (κ1) is 18.7. The molecule has 0 saturated carbocycles. The van der Waals surface area contributed by atoms with Crippen LogP contribution in [0.5, 0.6) is 0 Å². The van der Waals surface area contributed by atoms with E-state index in [4.69, 9.17) is 4.42 Å². The number of nitrogens with one attached hydrogen (secondary N) is 1. The van der Waals surface area contributed by atoms with Crippen molar-refractivity contribution in [3.05, 3.63) is 95.0 Å². The molecule has 1 aliphatic rings. The van der Waals surface area contributed by atoms with Crippen LogP contribution in [0.2, 0.25) is 0 Å². The van der Waals surface area contributed by atoms with Crippen LogP contribution >= 0.6 is 0 Å². The minimum Gasteiger partial charge on any atom is -0.451 e. The van der Waals surface area contributed by atoms with Crippen LogP contribution < -0.4 is 10.2 Å². The Morgan fingerprint density at radius 2 is 1.65 bits per heavy atom. The summed E-state index contributed by atoms with van der Waals surface area (Å²) in [4.78, 5) is 39.3. The van der Waals surface area contributed by atoms with Gasteiger partial charge in [0.1, 0.15) is 11.4 Å². The summed E-state index contributed by atoms with van der Waals surface area (Å²) < 4.78 is 19.1. The molecule has 0 fully saturated rings. The van der Waals surface area contributed by atoms with Gasteiger partial charge in [-0.05, 0) is 55.5 Å². The summed E-state index contributed by atoms with van der Waals surface area (Å²) >= 11 is 0. The molecule has 0 atom stereocenters. The van der Waals surface area contributed by atoms with Crippen molar-refractivity contribution in [3.63, 3.8) is 0 Å². The van der Waals surface area contributed by atoms with Gasteiger partial charge in [-0.25, -0.2) is 9.29 Å². The van der Waals surface area contributed by atoms with Crippen LogP contribution in [0.3, 0.4) is 0 Å². The van der Waals surface area contributed by atoms with Gasteiger partial charge in [0.05, 0.1) is 16.8 Å². The highest BCUT2D eigenvalue weighted by Gasteiger charge is 2.36. The van der Waals surface area contributed by atoms with Gasteiger partial charge in [-0.15, -0.1) is 0 Å². The Bertz CT molecular complexity index is 1370. The molecule has 6 nitrogen and oxygen atoms in total.